The molecule has 0 unspecified atom stereocenters. The number of carbonyl (C=O) groups is 2. The Balaban J connectivity index is 1.78. The fraction of sp³-hybridized carbons (Fsp3) is 0.833. The van der Waals surface area contributed by atoms with Crippen molar-refractivity contribution in [3.63, 3.8) is 0 Å². The Morgan fingerprint density at radius 2 is 2.12 bits per heavy atom. The number of hydrogen-bond donors (Lipinski definition) is 0. The summed E-state index contributed by atoms with van der Waals surface area (Å²) in [4.78, 5) is 27.0. The number of carbonyl (C=O) groups excluding carboxylic acids is 2. The molecular weight excluding hydrogens is 223 g/mol. The van der Waals surface area contributed by atoms with Gasteiger partial charge in [-0.3, -0.25) is 9.59 Å². The molecule has 2 heterocycles. The molecule has 5 heteroatoms. The zero-order chi connectivity index (χ0) is 12.2. The molecule has 2 atom stereocenters. The van der Waals surface area contributed by atoms with E-state index in [0.29, 0.717) is 25.8 Å². The molecule has 3 fully saturated rings. The fourth-order valence-electron chi connectivity index (χ4n) is 3.25. The van der Waals surface area contributed by atoms with Gasteiger partial charge < -0.3 is 9.80 Å². The monoisotopic (exact) mass is 240 g/mol. The van der Waals surface area contributed by atoms with Crippen LogP contribution in [0.4, 0.5) is 4.39 Å². The Labute approximate surface area is 99.7 Å². The maximum Gasteiger partial charge on any atom is 0.260 e. The molecule has 0 aromatic rings. The van der Waals surface area contributed by atoms with Crippen LogP contribution in [0.1, 0.15) is 32.1 Å². The number of likely N-dealkylation sites (tertiary alicyclic amines) is 2. The molecule has 4 nitrogen and oxygen atoms in total. The van der Waals surface area contributed by atoms with Crippen LogP contribution in [0.2, 0.25) is 0 Å². The minimum absolute atomic E-state index is 0.0685. The molecule has 2 saturated heterocycles. The predicted molar refractivity (Wildman–Crippen MR) is 59.0 cm³/mol. The number of alkyl halides is 1. The number of amides is 2. The van der Waals surface area contributed by atoms with Gasteiger partial charge in [-0.25, -0.2) is 4.39 Å². The lowest BCUT2D eigenvalue weighted by Crippen LogP contribution is -2.52. The summed E-state index contributed by atoms with van der Waals surface area (Å²) in [6.45, 7) is 0.595. The Bertz CT molecular complexity index is 381. The molecule has 1 aliphatic carbocycles. The van der Waals surface area contributed by atoms with E-state index >= 15 is 0 Å². The first-order valence-corrected chi connectivity index (χ1v) is 6.28. The van der Waals surface area contributed by atoms with Crippen LogP contribution in [-0.4, -0.2) is 53.0 Å². The largest absolute Gasteiger partial charge is 0.341 e. The highest BCUT2D eigenvalue weighted by molar-refractivity contribution is 5.88. The molecule has 17 heavy (non-hydrogen) atoms. The second kappa shape index (κ2) is 3.43. The Morgan fingerprint density at radius 1 is 1.41 bits per heavy atom. The van der Waals surface area contributed by atoms with E-state index in [-0.39, 0.29) is 23.9 Å². The zero-order valence-corrected chi connectivity index (χ0v) is 9.99. The van der Waals surface area contributed by atoms with Crippen molar-refractivity contribution in [1.29, 1.82) is 0 Å². The van der Waals surface area contributed by atoms with E-state index in [1.165, 1.54) is 0 Å². The van der Waals surface area contributed by atoms with Gasteiger partial charge >= 0.3 is 0 Å². The number of halogens is 1. The van der Waals surface area contributed by atoms with Crippen LogP contribution in [0, 0.1) is 0 Å². The Hall–Kier alpha value is -1.13. The first-order chi connectivity index (χ1) is 8.03. The summed E-state index contributed by atoms with van der Waals surface area (Å²) in [6.07, 6.45) is 2.65. The first-order valence-electron chi connectivity index (χ1n) is 6.28. The average Bonchev–Trinajstić information content (AvgIpc) is 2.77. The lowest BCUT2D eigenvalue weighted by atomic mass is 9.80. The normalized spacial score (nSPS) is 34.8. The molecule has 0 spiro atoms. The maximum atomic E-state index is 14.1. The molecule has 0 aromatic heterocycles. The lowest BCUT2D eigenvalue weighted by molar-refractivity contribution is -0.150. The molecule has 1 saturated carbocycles. The standard InChI is InChI=1S/C12H17FN2O2/c1-14-8-3-6-15(9(8)7-10(14)16)11(17)12(13)4-2-5-12/h8-9H,2-7H2,1H3/t8-,9-/m0/s1. The van der Waals surface area contributed by atoms with E-state index in [9.17, 15) is 14.0 Å². The van der Waals surface area contributed by atoms with Gasteiger partial charge in [0.25, 0.3) is 5.91 Å². The molecule has 94 valence electrons. The number of rotatable bonds is 1. The highest BCUT2D eigenvalue weighted by atomic mass is 19.1. The molecule has 3 aliphatic rings. The molecule has 2 aliphatic heterocycles. The van der Waals surface area contributed by atoms with Crippen molar-refractivity contribution in [2.75, 3.05) is 13.6 Å². The van der Waals surface area contributed by atoms with Crippen LogP contribution in [0.3, 0.4) is 0 Å². The van der Waals surface area contributed by atoms with Crippen molar-refractivity contribution in [2.24, 2.45) is 0 Å². The average molecular weight is 240 g/mol. The molecule has 0 radical (unpaired) electrons. The van der Waals surface area contributed by atoms with E-state index in [0.717, 1.165) is 12.8 Å². The molecule has 3 rings (SSSR count). The van der Waals surface area contributed by atoms with Gasteiger partial charge in [0, 0.05) is 20.0 Å². The van der Waals surface area contributed by atoms with Gasteiger partial charge in [0.05, 0.1) is 12.1 Å². The van der Waals surface area contributed by atoms with Gasteiger partial charge in [-0.05, 0) is 25.7 Å². The second-order valence-electron chi connectivity index (χ2n) is 5.45. The van der Waals surface area contributed by atoms with Crippen LogP contribution in [0.5, 0.6) is 0 Å². The van der Waals surface area contributed by atoms with Gasteiger partial charge in [0.2, 0.25) is 5.91 Å². The fourth-order valence-corrected chi connectivity index (χ4v) is 3.25. The minimum Gasteiger partial charge on any atom is -0.341 e. The van der Waals surface area contributed by atoms with Crippen molar-refractivity contribution in [1.82, 2.24) is 9.80 Å². The second-order valence-corrected chi connectivity index (χ2v) is 5.45. The van der Waals surface area contributed by atoms with Gasteiger partial charge in [-0.15, -0.1) is 0 Å². The number of likely N-dealkylation sites (N-methyl/N-ethyl adjacent to an activating group) is 1. The number of nitrogens with zero attached hydrogens (tertiary/aromatic N) is 2. The molecule has 0 bridgehead atoms. The summed E-state index contributed by atoms with van der Waals surface area (Å²) < 4.78 is 14.1. The molecule has 0 N–H and O–H groups in total. The van der Waals surface area contributed by atoms with Crippen LogP contribution in [0.15, 0.2) is 0 Å². The van der Waals surface area contributed by atoms with Crippen molar-refractivity contribution in [2.45, 2.75) is 49.9 Å². The third-order valence-electron chi connectivity index (χ3n) is 4.58. The van der Waals surface area contributed by atoms with Gasteiger partial charge in [-0.2, -0.15) is 0 Å². The summed E-state index contributed by atoms with van der Waals surface area (Å²) >= 11 is 0. The first kappa shape index (κ1) is 11.0. The van der Waals surface area contributed by atoms with Crippen LogP contribution < -0.4 is 0 Å². The third-order valence-corrected chi connectivity index (χ3v) is 4.58. The van der Waals surface area contributed by atoms with E-state index in [4.69, 9.17) is 0 Å². The van der Waals surface area contributed by atoms with Gasteiger partial charge in [0.15, 0.2) is 5.67 Å². The molecule has 0 aromatic carbocycles. The van der Waals surface area contributed by atoms with E-state index < -0.39 is 5.67 Å². The summed E-state index contributed by atoms with van der Waals surface area (Å²) in [6, 6.07) is 0.0170. The Morgan fingerprint density at radius 3 is 2.71 bits per heavy atom. The summed E-state index contributed by atoms with van der Waals surface area (Å²) in [7, 11) is 1.77. The highest BCUT2D eigenvalue weighted by Crippen LogP contribution is 2.41. The predicted octanol–water partition coefficient (Wildman–Crippen LogP) is 0.710. The molecular formula is C12H17FN2O2. The van der Waals surface area contributed by atoms with Crippen molar-refractivity contribution >= 4 is 11.8 Å². The van der Waals surface area contributed by atoms with Crippen molar-refractivity contribution in [3.8, 4) is 0 Å². The Kier molecular flexibility index (Phi) is 2.22. The van der Waals surface area contributed by atoms with Crippen LogP contribution in [-0.2, 0) is 9.59 Å². The quantitative estimate of drug-likeness (QED) is 0.677. The van der Waals surface area contributed by atoms with Gasteiger partial charge in [-0.1, -0.05) is 0 Å². The zero-order valence-electron chi connectivity index (χ0n) is 9.99. The maximum absolute atomic E-state index is 14.1. The summed E-state index contributed by atoms with van der Waals surface area (Å²) in [5.74, 6) is -0.307. The van der Waals surface area contributed by atoms with Crippen molar-refractivity contribution in [3.05, 3.63) is 0 Å². The van der Waals surface area contributed by atoms with Crippen molar-refractivity contribution < 1.29 is 14.0 Å². The van der Waals surface area contributed by atoms with E-state index in [2.05, 4.69) is 0 Å². The van der Waals surface area contributed by atoms with E-state index in [1.54, 1.807) is 16.8 Å². The minimum atomic E-state index is -1.63. The lowest BCUT2D eigenvalue weighted by Gasteiger charge is -2.37. The molecule has 2 amide bonds. The van der Waals surface area contributed by atoms with Crippen LogP contribution in [0.25, 0.3) is 0 Å². The third kappa shape index (κ3) is 1.40. The SMILES string of the molecule is CN1C(=O)C[C@H]2[C@@H]1CCN2C(=O)C1(F)CCC1. The van der Waals surface area contributed by atoms with E-state index in [1.807, 2.05) is 0 Å². The topological polar surface area (TPSA) is 40.6 Å². The number of hydrogen-bond acceptors (Lipinski definition) is 2. The van der Waals surface area contributed by atoms with Crippen LogP contribution >= 0.6 is 0 Å². The number of fused-ring (bicyclic) bond motifs is 1. The smallest absolute Gasteiger partial charge is 0.260 e. The van der Waals surface area contributed by atoms with Gasteiger partial charge in [0.1, 0.15) is 0 Å². The highest BCUT2D eigenvalue weighted by Gasteiger charge is 2.53. The summed E-state index contributed by atoms with van der Waals surface area (Å²) in [5, 5.41) is 0. The summed E-state index contributed by atoms with van der Waals surface area (Å²) in [5.41, 5.74) is -1.63.